The predicted octanol–water partition coefficient (Wildman–Crippen LogP) is 2.35. The first-order chi connectivity index (χ1) is 11.4. The van der Waals surface area contributed by atoms with Gasteiger partial charge in [-0.3, -0.25) is 9.52 Å². The normalized spacial score (nSPS) is 11.4. The fourth-order valence-corrected chi connectivity index (χ4v) is 3.42. The monoisotopic (exact) mass is 344 g/mol. The van der Waals surface area contributed by atoms with Gasteiger partial charge in [-0.1, -0.05) is 6.07 Å². The van der Waals surface area contributed by atoms with Crippen molar-refractivity contribution in [2.45, 2.75) is 4.90 Å². The maximum atomic E-state index is 12.5. The smallest absolute Gasteiger partial charge is 0.261 e. The van der Waals surface area contributed by atoms with E-state index in [9.17, 15) is 13.2 Å². The third kappa shape index (κ3) is 2.98. The molecule has 0 atom stereocenters. The van der Waals surface area contributed by atoms with Crippen LogP contribution in [0.15, 0.2) is 64.4 Å². The average molecular weight is 344 g/mol. The lowest BCUT2D eigenvalue weighted by Gasteiger charge is -2.10. The molecule has 0 aliphatic carbocycles. The standard InChI is InChI=1S/C17H16N2O4S/c1-19-10-9-12-3-4-13(11-16(12)17(19)20)18-24(21,22)15-7-5-14(23-2)6-8-15/h3-11,18H,1-2H3. The van der Waals surface area contributed by atoms with Crippen molar-refractivity contribution in [2.75, 3.05) is 11.8 Å². The van der Waals surface area contributed by atoms with Crippen LogP contribution in [-0.4, -0.2) is 20.1 Å². The summed E-state index contributed by atoms with van der Waals surface area (Å²) < 4.78 is 33.9. The van der Waals surface area contributed by atoms with Gasteiger partial charge in [0, 0.05) is 24.3 Å². The molecule has 0 saturated carbocycles. The number of nitrogens with zero attached hydrogens (tertiary/aromatic N) is 1. The van der Waals surface area contributed by atoms with Gasteiger partial charge in [-0.2, -0.15) is 0 Å². The first-order valence-corrected chi connectivity index (χ1v) is 8.65. The molecule has 3 aromatic rings. The number of methoxy groups -OCH3 is 1. The zero-order valence-corrected chi connectivity index (χ0v) is 14.0. The number of sulfonamides is 1. The van der Waals surface area contributed by atoms with Gasteiger partial charge >= 0.3 is 0 Å². The summed E-state index contributed by atoms with van der Waals surface area (Å²) in [4.78, 5) is 12.3. The van der Waals surface area contributed by atoms with Gasteiger partial charge in [-0.25, -0.2) is 8.42 Å². The molecule has 0 bridgehead atoms. The molecule has 2 aromatic carbocycles. The Bertz CT molecular complexity index is 1050. The molecule has 7 heteroatoms. The Kier molecular flexibility index (Phi) is 4.02. The van der Waals surface area contributed by atoms with Crippen LogP contribution >= 0.6 is 0 Å². The highest BCUT2D eigenvalue weighted by molar-refractivity contribution is 7.92. The van der Waals surface area contributed by atoms with E-state index < -0.39 is 10.0 Å². The molecule has 0 unspecified atom stereocenters. The zero-order chi connectivity index (χ0) is 17.3. The van der Waals surface area contributed by atoms with Gasteiger partial charge in [0.25, 0.3) is 15.6 Å². The fourth-order valence-electron chi connectivity index (χ4n) is 2.37. The van der Waals surface area contributed by atoms with Gasteiger partial charge < -0.3 is 9.30 Å². The summed E-state index contributed by atoms with van der Waals surface area (Å²) in [5.74, 6) is 0.572. The second-order valence-electron chi connectivity index (χ2n) is 5.31. The molecule has 3 rings (SSSR count). The minimum atomic E-state index is -3.74. The van der Waals surface area contributed by atoms with Crippen molar-refractivity contribution in [1.29, 1.82) is 0 Å². The number of rotatable bonds is 4. The largest absolute Gasteiger partial charge is 0.497 e. The number of aryl methyl sites for hydroxylation is 1. The molecular formula is C17H16N2O4S. The van der Waals surface area contributed by atoms with Crippen LogP contribution in [0.3, 0.4) is 0 Å². The highest BCUT2D eigenvalue weighted by Gasteiger charge is 2.14. The Labute approximate surface area is 139 Å². The molecule has 0 radical (unpaired) electrons. The van der Waals surface area contributed by atoms with Crippen LogP contribution in [0.4, 0.5) is 5.69 Å². The highest BCUT2D eigenvalue weighted by Crippen LogP contribution is 2.21. The Morgan fingerprint density at radius 2 is 1.75 bits per heavy atom. The number of benzene rings is 2. The van der Waals surface area contributed by atoms with Crippen LogP contribution in [0.5, 0.6) is 5.75 Å². The number of hydrogen-bond donors (Lipinski definition) is 1. The lowest BCUT2D eigenvalue weighted by Crippen LogP contribution is -2.16. The SMILES string of the molecule is COc1ccc(S(=O)(=O)Nc2ccc3ccn(C)c(=O)c3c2)cc1. The topological polar surface area (TPSA) is 77.4 Å². The van der Waals surface area contributed by atoms with E-state index in [1.54, 1.807) is 49.6 Å². The molecule has 1 N–H and O–H groups in total. The Morgan fingerprint density at radius 3 is 2.42 bits per heavy atom. The van der Waals surface area contributed by atoms with E-state index in [2.05, 4.69) is 4.72 Å². The number of hydrogen-bond acceptors (Lipinski definition) is 4. The molecular weight excluding hydrogens is 328 g/mol. The lowest BCUT2D eigenvalue weighted by molar-refractivity contribution is 0.414. The number of fused-ring (bicyclic) bond motifs is 1. The molecule has 0 fully saturated rings. The van der Waals surface area contributed by atoms with E-state index in [0.29, 0.717) is 16.8 Å². The third-order valence-corrected chi connectivity index (χ3v) is 5.10. The minimum absolute atomic E-state index is 0.115. The van der Waals surface area contributed by atoms with Gasteiger partial charge in [0.2, 0.25) is 0 Å². The first-order valence-electron chi connectivity index (χ1n) is 7.17. The summed E-state index contributed by atoms with van der Waals surface area (Å²) in [6.07, 6.45) is 1.67. The summed E-state index contributed by atoms with van der Waals surface area (Å²) in [5.41, 5.74) is 0.152. The molecule has 0 aliphatic rings. The van der Waals surface area contributed by atoms with Gasteiger partial charge in [-0.05, 0) is 47.9 Å². The first kappa shape index (κ1) is 16.1. The summed E-state index contributed by atoms with van der Waals surface area (Å²) >= 11 is 0. The molecule has 0 aliphatic heterocycles. The van der Waals surface area contributed by atoms with Crippen molar-refractivity contribution in [2.24, 2.45) is 7.05 Å². The number of ether oxygens (including phenoxy) is 1. The number of nitrogens with one attached hydrogen (secondary N) is 1. The van der Waals surface area contributed by atoms with Crippen LogP contribution in [-0.2, 0) is 17.1 Å². The summed E-state index contributed by atoms with van der Waals surface area (Å²) in [6, 6.07) is 12.8. The molecule has 1 heterocycles. The lowest BCUT2D eigenvalue weighted by atomic mass is 10.1. The average Bonchev–Trinajstić information content (AvgIpc) is 2.58. The number of aromatic nitrogens is 1. The quantitative estimate of drug-likeness (QED) is 0.788. The van der Waals surface area contributed by atoms with Crippen LogP contribution in [0.2, 0.25) is 0 Å². The van der Waals surface area contributed by atoms with Crippen molar-refractivity contribution in [3.8, 4) is 5.75 Å². The van der Waals surface area contributed by atoms with Gasteiger partial charge in [0.1, 0.15) is 5.75 Å². The maximum Gasteiger partial charge on any atom is 0.261 e. The fraction of sp³-hybridized carbons (Fsp3) is 0.118. The molecule has 6 nitrogen and oxygen atoms in total. The molecule has 1 aromatic heterocycles. The summed E-state index contributed by atoms with van der Waals surface area (Å²) in [7, 11) is -0.584. The highest BCUT2D eigenvalue weighted by atomic mass is 32.2. The minimum Gasteiger partial charge on any atom is -0.497 e. The third-order valence-electron chi connectivity index (χ3n) is 3.70. The van der Waals surface area contributed by atoms with E-state index in [0.717, 1.165) is 5.39 Å². The summed E-state index contributed by atoms with van der Waals surface area (Å²) in [6.45, 7) is 0. The van der Waals surface area contributed by atoms with E-state index in [4.69, 9.17) is 4.74 Å². The van der Waals surface area contributed by atoms with E-state index in [-0.39, 0.29) is 10.5 Å². The molecule has 0 amide bonds. The van der Waals surface area contributed by atoms with Crippen LogP contribution in [0.25, 0.3) is 10.8 Å². The van der Waals surface area contributed by atoms with Crippen LogP contribution in [0, 0.1) is 0 Å². The number of anilines is 1. The van der Waals surface area contributed by atoms with E-state index >= 15 is 0 Å². The Morgan fingerprint density at radius 1 is 1.04 bits per heavy atom. The van der Waals surface area contributed by atoms with Crippen molar-refractivity contribution in [1.82, 2.24) is 4.57 Å². The van der Waals surface area contributed by atoms with Crippen molar-refractivity contribution in [3.63, 3.8) is 0 Å². The maximum absolute atomic E-state index is 12.5. The van der Waals surface area contributed by atoms with Gasteiger partial charge in [-0.15, -0.1) is 0 Å². The second kappa shape index (κ2) is 6.01. The van der Waals surface area contributed by atoms with Crippen molar-refractivity contribution >= 4 is 26.5 Å². The van der Waals surface area contributed by atoms with E-state index in [1.165, 1.54) is 23.8 Å². The Hall–Kier alpha value is -2.80. The van der Waals surface area contributed by atoms with Crippen molar-refractivity contribution in [3.05, 3.63) is 65.1 Å². The second-order valence-corrected chi connectivity index (χ2v) is 7.00. The molecule has 124 valence electrons. The van der Waals surface area contributed by atoms with Crippen molar-refractivity contribution < 1.29 is 13.2 Å². The predicted molar refractivity (Wildman–Crippen MR) is 93.0 cm³/mol. The summed E-state index contributed by atoms with van der Waals surface area (Å²) in [5, 5.41) is 1.21. The molecule has 0 saturated heterocycles. The van der Waals surface area contributed by atoms with E-state index in [1.807, 2.05) is 0 Å². The molecule has 24 heavy (non-hydrogen) atoms. The molecule has 0 spiro atoms. The van der Waals surface area contributed by atoms with Crippen LogP contribution in [0.1, 0.15) is 0 Å². The Balaban J connectivity index is 1.98. The number of pyridine rings is 1. The van der Waals surface area contributed by atoms with Crippen LogP contribution < -0.4 is 15.0 Å². The zero-order valence-electron chi connectivity index (χ0n) is 13.2. The van der Waals surface area contributed by atoms with Gasteiger partial charge in [0.15, 0.2) is 0 Å². The van der Waals surface area contributed by atoms with Gasteiger partial charge in [0.05, 0.1) is 12.0 Å².